The van der Waals surface area contributed by atoms with Crippen LogP contribution in [0.3, 0.4) is 0 Å². The molecule has 0 saturated heterocycles. The van der Waals surface area contributed by atoms with E-state index in [1.165, 1.54) is 13.1 Å². The molecule has 0 saturated carbocycles. The van der Waals surface area contributed by atoms with Crippen LogP contribution in [0.5, 0.6) is 0 Å². The fourth-order valence-corrected chi connectivity index (χ4v) is 1.48. The maximum atomic E-state index is 12.6. The zero-order valence-corrected chi connectivity index (χ0v) is 8.99. The molecular weight excluding hydrogens is 229 g/mol. The largest absolute Gasteiger partial charge is 0.416 e. The Balaban J connectivity index is 2.54. The number of hydrogen-bond donors (Lipinski definition) is 0. The van der Waals surface area contributed by atoms with Crippen LogP contribution in [0.15, 0.2) is 36.5 Å². The van der Waals surface area contributed by atoms with Gasteiger partial charge in [0.15, 0.2) is 0 Å². The average molecular weight is 238 g/mol. The lowest BCUT2D eigenvalue weighted by molar-refractivity contribution is -0.137. The minimum absolute atomic E-state index is 0.234. The van der Waals surface area contributed by atoms with Gasteiger partial charge in [0.2, 0.25) is 0 Å². The molecule has 2 heterocycles. The van der Waals surface area contributed by atoms with Gasteiger partial charge in [0.1, 0.15) is 0 Å². The number of nitrogens with zero attached hydrogens (tertiary/aromatic N) is 2. The summed E-state index contributed by atoms with van der Waals surface area (Å²) in [5.41, 5.74) is 0.283. The van der Waals surface area contributed by atoms with Crippen molar-refractivity contribution in [1.82, 2.24) is 9.97 Å². The summed E-state index contributed by atoms with van der Waals surface area (Å²) >= 11 is 0. The predicted molar refractivity (Wildman–Crippen MR) is 57.2 cm³/mol. The molecule has 0 bridgehead atoms. The molecule has 0 aliphatic carbocycles. The van der Waals surface area contributed by atoms with Crippen LogP contribution in [0.2, 0.25) is 0 Å². The Hall–Kier alpha value is -1.91. The van der Waals surface area contributed by atoms with E-state index in [-0.39, 0.29) is 5.69 Å². The summed E-state index contributed by atoms with van der Waals surface area (Å²) in [6.07, 6.45) is -2.84. The van der Waals surface area contributed by atoms with E-state index >= 15 is 0 Å². The van der Waals surface area contributed by atoms with Crippen LogP contribution in [0, 0.1) is 6.92 Å². The molecule has 0 fully saturated rings. The van der Waals surface area contributed by atoms with Gasteiger partial charge in [0, 0.05) is 11.9 Å². The standard InChI is InChI=1S/C12H9F3N2/c1-8-6-9(12(13,14)15)7-11(17-8)10-4-2-3-5-16-10/h2-7H,1H3. The van der Waals surface area contributed by atoms with E-state index in [9.17, 15) is 13.2 Å². The maximum absolute atomic E-state index is 12.6. The van der Waals surface area contributed by atoms with Crippen LogP contribution in [-0.4, -0.2) is 9.97 Å². The van der Waals surface area contributed by atoms with Gasteiger partial charge in [-0.3, -0.25) is 9.97 Å². The molecule has 0 aromatic carbocycles. The second kappa shape index (κ2) is 4.16. The predicted octanol–water partition coefficient (Wildman–Crippen LogP) is 3.47. The molecule has 0 N–H and O–H groups in total. The first-order valence-electron chi connectivity index (χ1n) is 4.94. The lowest BCUT2D eigenvalue weighted by Crippen LogP contribution is -2.06. The number of aromatic nitrogens is 2. The summed E-state index contributed by atoms with van der Waals surface area (Å²) < 4.78 is 37.8. The lowest BCUT2D eigenvalue weighted by atomic mass is 10.1. The zero-order valence-electron chi connectivity index (χ0n) is 8.99. The third-order valence-corrected chi connectivity index (χ3v) is 2.21. The van der Waals surface area contributed by atoms with Crippen molar-refractivity contribution in [3.63, 3.8) is 0 Å². The molecule has 0 aliphatic rings. The van der Waals surface area contributed by atoms with Crippen molar-refractivity contribution in [3.8, 4) is 11.4 Å². The Morgan fingerprint density at radius 1 is 1.06 bits per heavy atom. The average Bonchev–Trinajstić information content (AvgIpc) is 2.28. The number of alkyl halides is 3. The van der Waals surface area contributed by atoms with Crippen molar-refractivity contribution in [2.75, 3.05) is 0 Å². The van der Waals surface area contributed by atoms with E-state index in [2.05, 4.69) is 9.97 Å². The summed E-state index contributed by atoms with van der Waals surface area (Å²) in [4.78, 5) is 8.04. The molecule has 17 heavy (non-hydrogen) atoms. The number of pyridine rings is 2. The molecule has 0 atom stereocenters. The van der Waals surface area contributed by atoms with Gasteiger partial charge in [-0.25, -0.2) is 0 Å². The molecule has 0 spiro atoms. The monoisotopic (exact) mass is 238 g/mol. The summed E-state index contributed by atoms with van der Waals surface area (Å²) in [6, 6.07) is 7.06. The van der Waals surface area contributed by atoms with Crippen molar-refractivity contribution in [3.05, 3.63) is 47.8 Å². The highest BCUT2D eigenvalue weighted by atomic mass is 19.4. The number of hydrogen-bond acceptors (Lipinski definition) is 2. The smallest absolute Gasteiger partial charge is 0.255 e. The number of rotatable bonds is 1. The van der Waals surface area contributed by atoms with Crippen LogP contribution in [-0.2, 0) is 6.18 Å². The third-order valence-electron chi connectivity index (χ3n) is 2.21. The highest BCUT2D eigenvalue weighted by molar-refractivity contribution is 5.55. The fourth-order valence-electron chi connectivity index (χ4n) is 1.48. The molecular formula is C12H9F3N2. The van der Waals surface area contributed by atoms with Gasteiger partial charge in [-0.1, -0.05) is 6.07 Å². The van der Waals surface area contributed by atoms with Gasteiger partial charge in [-0.15, -0.1) is 0 Å². The summed E-state index contributed by atoms with van der Waals surface area (Å²) in [5.74, 6) is 0. The second-order valence-corrected chi connectivity index (χ2v) is 3.60. The molecule has 0 aliphatic heterocycles. The highest BCUT2D eigenvalue weighted by Crippen LogP contribution is 2.31. The SMILES string of the molecule is Cc1cc(C(F)(F)F)cc(-c2ccccn2)n1. The molecule has 2 aromatic rings. The van der Waals surface area contributed by atoms with Gasteiger partial charge >= 0.3 is 6.18 Å². The maximum Gasteiger partial charge on any atom is 0.416 e. The van der Waals surface area contributed by atoms with E-state index in [1.807, 2.05) is 0 Å². The van der Waals surface area contributed by atoms with Gasteiger partial charge in [-0.05, 0) is 31.2 Å². The van der Waals surface area contributed by atoms with Crippen LogP contribution in [0.1, 0.15) is 11.3 Å². The lowest BCUT2D eigenvalue weighted by Gasteiger charge is -2.09. The Kier molecular flexibility index (Phi) is 2.83. The first-order chi connectivity index (χ1) is 7.97. The quantitative estimate of drug-likeness (QED) is 0.760. The van der Waals surface area contributed by atoms with Crippen molar-refractivity contribution >= 4 is 0 Å². The van der Waals surface area contributed by atoms with Crippen LogP contribution in [0.25, 0.3) is 11.4 Å². The number of aryl methyl sites for hydroxylation is 1. The van der Waals surface area contributed by atoms with Gasteiger partial charge in [-0.2, -0.15) is 13.2 Å². The Morgan fingerprint density at radius 3 is 2.41 bits per heavy atom. The molecule has 0 amide bonds. The Morgan fingerprint density at radius 2 is 1.82 bits per heavy atom. The van der Waals surface area contributed by atoms with Gasteiger partial charge in [0.25, 0.3) is 0 Å². The number of halogens is 3. The molecule has 0 unspecified atom stereocenters. The summed E-state index contributed by atoms with van der Waals surface area (Å²) in [5, 5.41) is 0. The first kappa shape index (κ1) is 11.6. The molecule has 2 aromatic heterocycles. The summed E-state index contributed by atoms with van der Waals surface area (Å²) in [6.45, 7) is 1.53. The van der Waals surface area contributed by atoms with Crippen molar-refractivity contribution in [1.29, 1.82) is 0 Å². The minimum Gasteiger partial charge on any atom is -0.255 e. The highest BCUT2D eigenvalue weighted by Gasteiger charge is 2.31. The molecule has 2 nitrogen and oxygen atoms in total. The fraction of sp³-hybridized carbons (Fsp3) is 0.167. The van der Waals surface area contributed by atoms with Gasteiger partial charge < -0.3 is 0 Å². The van der Waals surface area contributed by atoms with E-state index in [0.717, 1.165) is 12.1 Å². The Labute approximate surface area is 96.2 Å². The van der Waals surface area contributed by atoms with Crippen LogP contribution < -0.4 is 0 Å². The molecule has 5 heteroatoms. The van der Waals surface area contributed by atoms with Crippen molar-refractivity contribution < 1.29 is 13.2 Å². The van der Waals surface area contributed by atoms with Crippen molar-refractivity contribution in [2.45, 2.75) is 13.1 Å². The first-order valence-corrected chi connectivity index (χ1v) is 4.94. The van der Waals surface area contributed by atoms with E-state index in [1.54, 1.807) is 18.2 Å². The zero-order chi connectivity index (χ0) is 12.5. The minimum atomic E-state index is -4.36. The van der Waals surface area contributed by atoms with E-state index < -0.39 is 11.7 Å². The summed E-state index contributed by atoms with van der Waals surface area (Å²) in [7, 11) is 0. The van der Waals surface area contributed by atoms with Crippen LogP contribution >= 0.6 is 0 Å². The molecule has 0 radical (unpaired) electrons. The van der Waals surface area contributed by atoms with E-state index in [0.29, 0.717) is 11.4 Å². The van der Waals surface area contributed by atoms with Crippen LogP contribution in [0.4, 0.5) is 13.2 Å². The molecule has 2 rings (SSSR count). The second-order valence-electron chi connectivity index (χ2n) is 3.60. The topological polar surface area (TPSA) is 25.8 Å². The third kappa shape index (κ3) is 2.61. The van der Waals surface area contributed by atoms with Gasteiger partial charge in [0.05, 0.1) is 17.0 Å². The Bertz CT molecular complexity index is 521. The van der Waals surface area contributed by atoms with E-state index in [4.69, 9.17) is 0 Å². The normalized spacial score (nSPS) is 11.5. The van der Waals surface area contributed by atoms with Crippen molar-refractivity contribution in [2.24, 2.45) is 0 Å². The molecule has 88 valence electrons.